The maximum atomic E-state index is 4.98. The van der Waals surface area contributed by atoms with Crippen LogP contribution in [0, 0.1) is 0 Å². The van der Waals surface area contributed by atoms with Gasteiger partial charge < -0.3 is 4.98 Å². The van der Waals surface area contributed by atoms with Gasteiger partial charge in [-0.05, 0) is 17.2 Å². The van der Waals surface area contributed by atoms with E-state index in [1.807, 2.05) is 42.5 Å². The van der Waals surface area contributed by atoms with Crippen molar-refractivity contribution in [3.8, 4) is 33.8 Å². The summed E-state index contributed by atoms with van der Waals surface area (Å²) in [6.07, 6.45) is 0. The molecule has 0 aliphatic carbocycles. The van der Waals surface area contributed by atoms with Gasteiger partial charge in [0.25, 0.3) is 0 Å². The Hall–Kier alpha value is -4.24. The van der Waals surface area contributed by atoms with Gasteiger partial charge in [0.1, 0.15) is 5.52 Å². The van der Waals surface area contributed by atoms with Gasteiger partial charge in [0.05, 0.1) is 11.2 Å². The standard InChI is InChI=1S/C28H19N3/c1-4-10-19(11-5-1)22-16-17-23-24(18-22)29-27-25(20-12-6-2-7-13-20)30-28(31-26(23)27)21-14-8-3-9-15-21/h1-18,29H. The molecule has 0 aliphatic rings. The van der Waals surface area contributed by atoms with Crippen molar-refractivity contribution in [1.82, 2.24) is 15.0 Å². The van der Waals surface area contributed by atoms with Crippen LogP contribution in [0.4, 0.5) is 0 Å². The van der Waals surface area contributed by atoms with Crippen LogP contribution in [0.3, 0.4) is 0 Å². The second kappa shape index (κ2) is 7.22. The number of rotatable bonds is 3. The molecule has 0 fully saturated rings. The fraction of sp³-hybridized carbons (Fsp3) is 0. The largest absolute Gasteiger partial charge is 0.351 e. The summed E-state index contributed by atoms with van der Waals surface area (Å²) in [4.78, 5) is 13.6. The topological polar surface area (TPSA) is 41.6 Å². The molecule has 0 atom stereocenters. The zero-order chi connectivity index (χ0) is 20.6. The number of hydrogen-bond donors (Lipinski definition) is 1. The Balaban J connectivity index is 1.64. The molecule has 3 heteroatoms. The van der Waals surface area contributed by atoms with E-state index in [9.17, 15) is 0 Å². The Morgan fingerprint density at radius 2 is 1.13 bits per heavy atom. The van der Waals surface area contributed by atoms with Gasteiger partial charge in [0, 0.05) is 22.0 Å². The van der Waals surface area contributed by atoms with E-state index in [1.54, 1.807) is 0 Å². The van der Waals surface area contributed by atoms with Gasteiger partial charge in [0.15, 0.2) is 5.82 Å². The van der Waals surface area contributed by atoms with Crippen LogP contribution >= 0.6 is 0 Å². The van der Waals surface area contributed by atoms with E-state index < -0.39 is 0 Å². The molecule has 31 heavy (non-hydrogen) atoms. The highest BCUT2D eigenvalue weighted by atomic mass is 14.9. The average molecular weight is 397 g/mol. The van der Waals surface area contributed by atoms with Crippen molar-refractivity contribution in [3.05, 3.63) is 109 Å². The van der Waals surface area contributed by atoms with Crippen LogP contribution < -0.4 is 0 Å². The van der Waals surface area contributed by atoms with Crippen LogP contribution in [0.15, 0.2) is 109 Å². The summed E-state index contributed by atoms with van der Waals surface area (Å²) in [5, 5.41) is 1.10. The Morgan fingerprint density at radius 1 is 0.516 bits per heavy atom. The van der Waals surface area contributed by atoms with Crippen molar-refractivity contribution >= 4 is 21.9 Å². The number of aromatic amines is 1. The molecule has 2 heterocycles. The molecule has 0 saturated carbocycles. The molecule has 146 valence electrons. The zero-order valence-corrected chi connectivity index (χ0v) is 16.8. The first kappa shape index (κ1) is 17.6. The maximum absolute atomic E-state index is 4.98. The van der Waals surface area contributed by atoms with Crippen LogP contribution in [0.1, 0.15) is 0 Å². The highest BCUT2D eigenvalue weighted by Crippen LogP contribution is 2.34. The highest BCUT2D eigenvalue weighted by molar-refractivity contribution is 6.10. The van der Waals surface area contributed by atoms with Gasteiger partial charge >= 0.3 is 0 Å². The van der Waals surface area contributed by atoms with Crippen LogP contribution in [0.25, 0.3) is 55.7 Å². The number of aromatic nitrogens is 3. The van der Waals surface area contributed by atoms with Crippen molar-refractivity contribution in [3.63, 3.8) is 0 Å². The predicted molar refractivity (Wildman–Crippen MR) is 128 cm³/mol. The molecule has 6 rings (SSSR count). The Labute approximate surface area is 180 Å². The number of nitrogens with one attached hydrogen (secondary N) is 1. The van der Waals surface area contributed by atoms with Crippen molar-refractivity contribution in [1.29, 1.82) is 0 Å². The second-order valence-corrected chi connectivity index (χ2v) is 7.60. The number of H-pyrrole nitrogens is 1. The molecule has 0 aliphatic heterocycles. The van der Waals surface area contributed by atoms with E-state index in [-0.39, 0.29) is 0 Å². The van der Waals surface area contributed by atoms with E-state index in [0.29, 0.717) is 0 Å². The van der Waals surface area contributed by atoms with Crippen LogP contribution in [-0.2, 0) is 0 Å². The number of fused-ring (bicyclic) bond motifs is 3. The predicted octanol–water partition coefficient (Wildman–Crippen LogP) is 7.11. The van der Waals surface area contributed by atoms with Crippen LogP contribution in [0.5, 0.6) is 0 Å². The summed E-state index contributed by atoms with van der Waals surface area (Å²) in [7, 11) is 0. The monoisotopic (exact) mass is 397 g/mol. The van der Waals surface area contributed by atoms with Gasteiger partial charge in [-0.1, -0.05) is 103 Å². The summed E-state index contributed by atoms with van der Waals surface area (Å²) < 4.78 is 0. The summed E-state index contributed by atoms with van der Waals surface area (Å²) in [6, 6.07) is 37.4. The first-order valence-electron chi connectivity index (χ1n) is 10.4. The van der Waals surface area contributed by atoms with Gasteiger partial charge in [-0.25, -0.2) is 9.97 Å². The molecule has 4 aromatic carbocycles. The molecule has 6 aromatic rings. The van der Waals surface area contributed by atoms with Gasteiger partial charge in [-0.3, -0.25) is 0 Å². The van der Waals surface area contributed by atoms with E-state index in [2.05, 4.69) is 71.7 Å². The minimum absolute atomic E-state index is 0.736. The molecule has 3 nitrogen and oxygen atoms in total. The quantitative estimate of drug-likeness (QED) is 0.346. The van der Waals surface area contributed by atoms with E-state index in [4.69, 9.17) is 9.97 Å². The highest BCUT2D eigenvalue weighted by Gasteiger charge is 2.16. The summed E-state index contributed by atoms with van der Waals surface area (Å²) >= 11 is 0. The average Bonchev–Trinajstić information content (AvgIpc) is 3.23. The molecule has 0 unspecified atom stereocenters. The van der Waals surface area contributed by atoms with Crippen molar-refractivity contribution in [2.45, 2.75) is 0 Å². The lowest BCUT2D eigenvalue weighted by Gasteiger charge is -2.07. The normalized spacial score (nSPS) is 11.2. The SMILES string of the molecule is c1ccc(-c2ccc3c(c2)[nH]c2c(-c4ccccc4)nc(-c4ccccc4)nc23)cc1. The van der Waals surface area contributed by atoms with Crippen LogP contribution in [-0.4, -0.2) is 15.0 Å². The maximum Gasteiger partial charge on any atom is 0.160 e. The van der Waals surface area contributed by atoms with Gasteiger partial charge in [-0.15, -0.1) is 0 Å². The molecule has 0 amide bonds. The van der Waals surface area contributed by atoms with Crippen LogP contribution in [0.2, 0.25) is 0 Å². The Bertz CT molecular complexity index is 1500. The molecule has 0 spiro atoms. The molecule has 0 radical (unpaired) electrons. The Morgan fingerprint density at radius 3 is 1.81 bits per heavy atom. The fourth-order valence-electron chi connectivity index (χ4n) is 4.09. The lowest BCUT2D eigenvalue weighted by atomic mass is 10.0. The number of benzene rings is 4. The third-order valence-corrected chi connectivity index (χ3v) is 5.63. The molecular weight excluding hydrogens is 378 g/mol. The van der Waals surface area contributed by atoms with E-state index in [0.717, 1.165) is 44.6 Å². The lowest BCUT2D eigenvalue weighted by molar-refractivity contribution is 1.23. The second-order valence-electron chi connectivity index (χ2n) is 7.60. The summed E-state index contributed by atoms with van der Waals surface area (Å²) in [5.41, 5.74) is 8.35. The number of nitrogens with zero attached hydrogens (tertiary/aromatic N) is 2. The summed E-state index contributed by atoms with van der Waals surface area (Å²) in [5.74, 6) is 0.736. The molecule has 1 N–H and O–H groups in total. The fourth-order valence-corrected chi connectivity index (χ4v) is 4.09. The van der Waals surface area contributed by atoms with E-state index >= 15 is 0 Å². The minimum atomic E-state index is 0.736. The van der Waals surface area contributed by atoms with Crippen molar-refractivity contribution in [2.24, 2.45) is 0 Å². The van der Waals surface area contributed by atoms with Gasteiger partial charge in [-0.2, -0.15) is 0 Å². The minimum Gasteiger partial charge on any atom is -0.351 e. The molecule has 2 aromatic heterocycles. The first-order valence-corrected chi connectivity index (χ1v) is 10.4. The molecule has 0 bridgehead atoms. The van der Waals surface area contributed by atoms with E-state index in [1.165, 1.54) is 11.1 Å². The van der Waals surface area contributed by atoms with Crippen molar-refractivity contribution < 1.29 is 0 Å². The zero-order valence-electron chi connectivity index (χ0n) is 16.8. The van der Waals surface area contributed by atoms with Gasteiger partial charge in [0.2, 0.25) is 0 Å². The Kier molecular flexibility index (Phi) is 4.10. The van der Waals surface area contributed by atoms with Crippen molar-refractivity contribution in [2.75, 3.05) is 0 Å². The molecule has 0 saturated heterocycles. The first-order chi connectivity index (χ1) is 15.4. The number of hydrogen-bond acceptors (Lipinski definition) is 2. The summed E-state index contributed by atoms with van der Waals surface area (Å²) in [6.45, 7) is 0. The third-order valence-electron chi connectivity index (χ3n) is 5.63. The smallest absolute Gasteiger partial charge is 0.160 e. The molecular formula is C28H19N3. The lowest BCUT2D eigenvalue weighted by Crippen LogP contribution is -1.94. The third kappa shape index (κ3) is 3.08.